The molecule has 1 atom stereocenters. The molecule has 0 aliphatic carbocycles. The maximum atomic E-state index is 14.1. The van der Waals surface area contributed by atoms with Gasteiger partial charge < -0.3 is 10.1 Å². The largest absolute Gasteiger partial charge is 0.497 e. The Kier molecular flexibility index (Phi) is 4.35. The Morgan fingerprint density at radius 2 is 1.60 bits per heavy atom. The second kappa shape index (κ2) is 6.01. The van der Waals surface area contributed by atoms with Gasteiger partial charge in [0, 0.05) is 17.7 Å². The fourth-order valence-electron chi connectivity index (χ4n) is 2.19. The van der Waals surface area contributed by atoms with E-state index in [2.05, 4.69) is 5.32 Å². The van der Waals surface area contributed by atoms with Gasteiger partial charge >= 0.3 is 0 Å². The van der Waals surface area contributed by atoms with E-state index in [1.807, 2.05) is 31.2 Å². The first-order valence-corrected chi connectivity index (χ1v) is 6.33. The number of hydrogen-bond acceptors (Lipinski definition) is 2. The molecule has 4 heteroatoms. The van der Waals surface area contributed by atoms with Crippen LogP contribution in [-0.4, -0.2) is 14.2 Å². The zero-order chi connectivity index (χ0) is 14.7. The molecule has 20 heavy (non-hydrogen) atoms. The van der Waals surface area contributed by atoms with Crippen LogP contribution in [0.3, 0.4) is 0 Å². The lowest BCUT2D eigenvalue weighted by Gasteiger charge is -2.19. The molecule has 106 valence electrons. The van der Waals surface area contributed by atoms with Crippen LogP contribution >= 0.6 is 0 Å². The molecule has 2 rings (SSSR count). The molecule has 0 fully saturated rings. The molecule has 0 radical (unpaired) electrons. The number of nitrogens with one attached hydrogen (secondary N) is 1. The predicted octanol–water partition coefficient (Wildman–Crippen LogP) is 3.59. The van der Waals surface area contributed by atoms with Crippen molar-refractivity contribution in [3.05, 3.63) is 64.7 Å². The minimum atomic E-state index is -0.623. The van der Waals surface area contributed by atoms with Gasteiger partial charge in [-0.15, -0.1) is 0 Å². The third kappa shape index (κ3) is 2.80. The van der Waals surface area contributed by atoms with Gasteiger partial charge in [0.15, 0.2) is 0 Å². The first-order chi connectivity index (χ1) is 9.56. The number of ether oxygens (including phenoxy) is 1. The second-order valence-electron chi connectivity index (χ2n) is 4.64. The molecule has 0 amide bonds. The number of benzene rings is 2. The second-order valence-corrected chi connectivity index (χ2v) is 4.64. The van der Waals surface area contributed by atoms with Gasteiger partial charge in [-0.1, -0.05) is 29.8 Å². The van der Waals surface area contributed by atoms with Crippen molar-refractivity contribution >= 4 is 0 Å². The van der Waals surface area contributed by atoms with E-state index in [0.717, 1.165) is 11.1 Å². The van der Waals surface area contributed by atoms with Gasteiger partial charge in [-0.3, -0.25) is 0 Å². The fourth-order valence-corrected chi connectivity index (χ4v) is 2.19. The lowest BCUT2D eigenvalue weighted by atomic mass is 9.97. The van der Waals surface area contributed by atoms with Crippen molar-refractivity contribution in [1.29, 1.82) is 0 Å². The highest BCUT2D eigenvalue weighted by Crippen LogP contribution is 2.29. The van der Waals surface area contributed by atoms with E-state index in [1.165, 1.54) is 19.2 Å². The molecule has 0 spiro atoms. The smallest absolute Gasteiger partial charge is 0.134 e. The van der Waals surface area contributed by atoms with Crippen molar-refractivity contribution < 1.29 is 13.5 Å². The standard InChI is InChI=1S/C16H17F2NO/c1-10-4-6-11(7-5-10)16(19-2)15-13(17)8-12(20-3)9-14(15)18/h4-9,16,19H,1-3H3. The van der Waals surface area contributed by atoms with Crippen LogP contribution in [0, 0.1) is 18.6 Å². The minimum absolute atomic E-state index is 0.00264. The minimum Gasteiger partial charge on any atom is -0.497 e. The summed E-state index contributed by atoms with van der Waals surface area (Å²) < 4.78 is 33.1. The van der Waals surface area contributed by atoms with Crippen LogP contribution < -0.4 is 10.1 Å². The molecule has 1 N–H and O–H groups in total. The summed E-state index contributed by atoms with van der Waals surface area (Å²) in [6.45, 7) is 1.96. The molecule has 0 aliphatic rings. The van der Waals surface area contributed by atoms with Crippen LogP contribution in [0.4, 0.5) is 8.78 Å². The number of rotatable bonds is 4. The van der Waals surface area contributed by atoms with E-state index in [0.29, 0.717) is 0 Å². The molecular formula is C16H17F2NO. The van der Waals surface area contributed by atoms with Gasteiger partial charge in [-0.2, -0.15) is 0 Å². The molecule has 2 nitrogen and oxygen atoms in total. The van der Waals surface area contributed by atoms with E-state index >= 15 is 0 Å². The zero-order valence-corrected chi connectivity index (χ0v) is 11.7. The Labute approximate surface area is 117 Å². The summed E-state index contributed by atoms with van der Waals surface area (Å²) >= 11 is 0. The molecule has 0 saturated carbocycles. The third-order valence-corrected chi connectivity index (χ3v) is 3.28. The lowest BCUT2D eigenvalue weighted by Crippen LogP contribution is -2.20. The van der Waals surface area contributed by atoms with Gasteiger partial charge in [0.2, 0.25) is 0 Å². The quantitative estimate of drug-likeness (QED) is 0.922. The maximum absolute atomic E-state index is 14.1. The van der Waals surface area contributed by atoms with E-state index in [1.54, 1.807) is 7.05 Å². The van der Waals surface area contributed by atoms with E-state index in [-0.39, 0.29) is 11.3 Å². The SMILES string of the molecule is CNC(c1ccc(C)cc1)c1c(F)cc(OC)cc1F. The van der Waals surface area contributed by atoms with Crippen molar-refractivity contribution in [1.82, 2.24) is 5.32 Å². The van der Waals surface area contributed by atoms with Crippen molar-refractivity contribution in [2.45, 2.75) is 13.0 Å². The van der Waals surface area contributed by atoms with E-state index in [9.17, 15) is 8.78 Å². The first-order valence-electron chi connectivity index (χ1n) is 6.33. The summed E-state index contributed by atoms with van der Waals surface area (Å²) in [4.78, 5) is 0. The molecular weight excluding hydrogens is 260 g/mol. The molecule has 0 heterocycles. The summed E-state index contributed by atoms with van der Waals surface area (Å²) in [5.74, 6) is -1.08. The number of aryl methyl sites for hydroxylation is 1. The van der Waals surface area contributed by atoms with Crippen LogP contribution in [0.1, 0.15) is 22.7 Å². The van der Waals surface area contributed by atoms with Gasteiger partial charge in [0.1, 0.15) is 17.4 Å². The molecule has 2 aromatic carbocycles. The molecule has 0 bridgehead atoms. The summed E-state index contributed by atoms with van der Waals surface area (Å²) in [5.41, 5.74) is 1.90. The number of methoxy groups -OCH3 is 1. The van der Waals surface area contributed by atoms with Gasteiger partial charge in [-0.25, -0.2) is 8.78 Å². The van der Waals surface area contributed by atoms with E-state index < -0.39 is 17.7 Å². The van der Waals surface area contributed by atoms with Crippen LogP contribution in [0.15, 0.2) is 36.4 Å². The Balaban J connectivity index is 2.49. The predicted molar refractivity (Wildman–Crippen MR) is 75.0 cm³/mol. The molecule has 0 saturated heterocycles. The van der Waals surface area contributed by atoms with Crippen LogP contribution in [0.25, 0.3) is 0 Å². The molecule has 1 unspecified atom stereocenters. The van der Waals surface area contributed by atoms with E-state index in [4.69, 9.17) is 4.74 Å². The van der Waals surface area contributed by atoms with Crippen LogP contribution in [0.2, 0.25) is 0 Å². The highest BCUT2D eigenvalue weighted by molar-refractivity contribution is 5.38. The maximum Gasteiger partial charge on any atom is 0.134 e. The average Bonchev–Trinajstić information content (AvgIpc) is 2.43. The molecule has 0 aromatic heterocycles. The summed E-state index contributed by atoms with van der Waals surface area (Å²) in [7, 11) is 3.05. The highest BCUT2D eigenvalue weighted by atomic mass is 19.1. The summed E-state index contributed by atoms with van der Waals surface area (Å²) in [6, 6.07) is 9.40. The fraction of sp³-hybridized carbons (Fsp3) is 0.250. The Hall–Kier alpha value is -1.94. The number of hydrogen-bond donors (Lipinski definition) is 1. The molecule has 2 aromatic rings. The normalized spacial score (nSPS) is 12.2. The average molecular weight is 277 g/mol. The van der Waals surface area contributed by atoms with Crippen molar-refractivity contribution in [2.24, 2.45) is 0 Å². The van der Waals surface area contributed by atoms with Gasteiger partial charge in [0.05, 0.1) is 13.2 Å². The van der Waals surface area contributed by atoms with Crippen molar-refractivity contribution in [3.8, 4) is 5.75 Å². The summed E-state index contributed by atoms with van der Waals surface area (Å²) in [6.07, 6.45) is 0. The Morgan fingerprint density at radius 3 is 2.05 bits per heavy atom. The third-order valence-electron chi connectivity index (χ3n) is 3.28. The Bertz CT molecular complexity index is 573. The first kappa shape index (κ1) is 14.5. The van der Waals surface area contributed by atoms with Gasteiger partial charge in [-0.05, 0) is 19.5 Å². The lowest BCUT2D eigenvalue weighted by molar-refractivity contribution is 0.403. The monoisotopic (exact) mass is 277 g/mol. The van der Waals surface area contributed by atoms with Crippen LogP contribution in [0.5, 0.6) is 5.75 Å². The Morgan fingerprint density at radius 1 is 1.05 bits per heavy atom. The highest BCUT2D eigenvalue weighted by Gasteiger charge is 2.21. The molecule has 0 aliphatic heterocycles. The van der Waals surface area contributed by atoms with Crippen LogP contribution in [-0.2, 0) is 0 Å². The summed E-state index contributed by atoms with van der Waals surface area (Å²) in [5, 5.41) is 2.95. The number of halogens is 2. The zero-order valence-electron chi connectivity index (χ0n) is 11.7. The van der Waals surface area contributed by atoms with Crippen molar-refractivity contribution in [2.75, 3.05) is 14.2 Å². The topological polar surface area (TPSA) is 21.3 Å². The van der Waals surface area contributed by atoms with Gasteiger partial charge in [0.25, 0.3) is 0 Å². The van der Waals surface area contributed by atoms with Crippen molar-refractivity contribution in [3.63, 3.8) is 0 Å².